The minimum Gasteiger partial charge on any atom is -0.263 e. The summed E-state index contributed by atoms with van der Waals surface area (Å²) in [7, 11) is -10.1. The molecule has 0 unspecified atom stereocenters. The summed E-state index contributed by atoms with van der Waals surface area (Å²) < 4.78 is 54.7. The highest BCUT2D eigenvalue weighted by molar-refractivity contribution is 7.94. The summed E-state index contributed by atoms with van der Waals surface area (Å²) in [4.78, 5) is 0. The third-order valence-corrected chi connectivity index (χ3v) is 2.53. The van der Waals surface area contributed by atoms with Crippen molar-refractivity contribution in [1.29, 1.82) is 0 Å². The van der Waals surface area contributed by atoms with Crippen LogP contribution < -0.4 is 0 Å². The van der Waals surface area contributed by atoms with Gasteiger partial charge >= 0.3 is 20.8 Å². The molecule has 0 fully saturated rings. The molecule has 0 aromatic carbocycles. The predicted molar refractivity (Wildman–Crippen MR) is 38.1 cm³/mol. The van der Waals surface area contributed by atoms with Crippen LogP contribution in [0.4, 0.5) is 0 Å². The van der Waals surface area contributed by atoms with Gasteiger partial charge in [-0.3, -0.25) is 4.55 Å². The molecule has 0 aliphatic heterocycles. The maximum absolute atomic E-state index is 10.3. The van der Waals surface area contributed by atoms with Crippen molar-refractivity contribution < 1.29 is 29.2 Å². The van der Waals surface area contributed by atoms with Gasteiger partial charge in [0.2, 0.25) is 5.02 Å². The number of alkyl halides is 2. The molecular weight excluding hydrogens is 259 g/mol. The van der Waals surface area contributed by atoms with E-state index in [4.69, 9.17) is 27.8 Å². The van der Waals surface area contributed by atoms with Gasteiger partial charge in [0.05, 0.1) is 0 Å². The first-order valence-corrected chi connectivity index (χ1v) is 5.59. The normalized spacial score (nSPS) is 13.7. The van der Waals surface area contributed by atoms with E-state index in [0.29, 0.717) is 0 Å². The Labute approximate surface area is 78.5 Å². The summed E-state index contributed by atoms with van der Waals surface area (Å²) in [6.07, 6.45) is 0. The summed E-state index contributed by atoms with van der Waals surface area (Å²) in [6.45, 7) is 0. The zero-order valence-corrected chi connectivity index (χ0v) is 8.19. The van der Waals surface area contributed by atoms with Crippen molar-refractivity contribution in [1.82, 2.24) is 0 Å². The molecule has 0 aliphatic carbocycles. The third kappa shape index (κ3) is 7.03. The largest absolute Gasteiger partial charge is 0.418 e. The van der Waals surface area contributed by atoms with E-state index in [9.17, 15) is 16.8 Å². The van der Waals surface area contributed by atoms with Crippen LogP contribution in [0.2, 0.25) is 0 Å². The van der Waals surface area contributed by atoms with E-state index in [0.717, 1.165) is 0 Å². The van der Waals surface area contributed by atoms with Gasteiger partial charge in [-0.1, -0.05) is 23.2 Å². The zero-order valence-electron chi connectivity index (χ0n) is 5.05. The molecular formula is CH2Cl2O7S2. The molecule has 74 valence electrons. The molecule has 0 aromatic rings. The summed E-state index contributed by atoms with van der Waals surface area (Å²) in [6, 6.07) is 0. The first-order chi connectivity index (χ1) is 5.12. The first kappa shape index (κ1) is 12.4. The molecule has 0 aromatic heterocycles. The lowest BCUT2D eigenvalue weighted by Gasteiger charge is -2.01. The maximum atomic E-state index is 10.3. The van der Waals surface area contributed by atoms with Gasteiger partial charge < -0.3 is 0 Å². The van der Waals surface area contributed by atoms with Gasteiger partial charge in [-0.25, -0.2) is 4.18 Å². The smallest absolute Gasteiger partial charge is 0.263 e. The fourth-order valence-corrected chi connectivity index (χ4v) is 1.89. The molecule has 11 heteroatoms. The standard InChI is InChI=1S/CH2Cl2O7S2/c2-1(3)9-12(7,8)10-11(4,5)6/h1H,(H,4,5,6). The molecule has 0 heterocycles. The first-order valence-electron chi connectivity index (χ1n) is 2.02. The van der Waals surface area contributed by atoms with Gasteiger partial charge in [0.25, 0.3) is 0 Å². The van der Waals surface area contributed by atoms with Crippen molar-refractivity contribution in [3.8, 4) is 0 Å². The molecule has 0 bridgehead atoms. The van der Waals surface area contributed by atoms with Gasteiger partial charge in [0.1, 0.15) is 0 Å². The van der Waals surface area contributed by atoms with Crippen LogP contribution in [-0.4, -0.2) is 26.4 Å². The number of hydrogen-bond donors (Lipinski definition) is 1. The molecule has 0 aliphatic rings. The molecule has 1 N–H and O–H groups in total. The van der Waals surface area contributed by atoms with Crippen LogP contribution >= 0.6 is 23.2 Å². The molecule has 0 saturated carbocycles. The van der Waals surface area contributed by atoms with E-state index in [1.54, 1.807) is 0 Å². The van der Waals surface area contributed by atoms with Crippen LogP contribution in [0.3, 0.4) is 0 Å². The molecule has 7 nitrogen and oxygen atoms in total. The molecule has 0 radical (unpaired) electrons. The Hall–Kier alpha value is 0.360. The van der Waals surface area contributed by atoms with E-state index in [1.165, 1.54) is 0 Å². The van der Waals surface area contributed by atoms with Crippen molar-refractivity contribution in [2.45, 2.75) is 5.02 Å². The lowest BCUT2D eigenvalue weighted by Crippen LogP contribution is -2.16. The molecule has 0 amide bonds. The molecule has 0 spiro atoms. The number of rotatable bonds is 4. The van der Waals surface area contributed by atoms with Crippen molar-refractivity contribution in [3.05, 3.63) is 0 Å². The summed E-state index contributed by atoms with van der Waals surface area (Å²) >= 11 is 9.60. The minimum absolute atomic E-state index is 1.82. The van der Waals surface area contributed by atoms with Gasteiger partial charge in [0.15, 0.2) is 0 Å². The van der Waals surface area contributed by atoms with E-state index in [-0.39, 0.29) is 0 Å². The van der Waals surface area contributed by atoms with E-state index < -0.39 is 25.8 Å². The Morgan fingerprint density at radius 1 is 1.17 bits per heavy atom. The quantitative estimate of drug-likeness (QED) is 0.552. The van der Waals surface area contributed by atoms with Crippen LogP contribution in [0.5, 0.6) is 0 Å². The molecule has 0 saturated heterocycles. The second kappa shape index (κ2) is 4.05. The van der Waals surface area contributed by atoms with Crippen LogP contribution in [0, 0.1) is 0 Å². The van der Waals surface area contributed by atoms with Gasteiger partial charge in [0, 0.05) is 0 Å². The molecule has 12 heavy (non-hydrogen) atoms. The SMILES string of the molecule is O=S(=O)(O)OS(=O)(=O)OC(Cl)Cl. The number of halogens is 2. The summed E-state index contributed by atoms with van der Waals surface area (Å²) in [5.74, 6) is 0. The van der Waals surface area contributed by atoms with Crippen LogP contribution in [0.1, 0.15) is 0 Å². The highest BCUT2D eigenvalue weighted by Gasteiger charge is 2.24. The van der Waals surface area contributed by atoms with Crippen LogP contribution in [0.25, 0.3) is 0 Å². The highest BCUT2D eigenvalue weighted by Crippen LogP contribution is 2.10. The van der Waals surface area contributed by atoms with E-state index in [1.807, 2.05) is 0 Å². The second-order valence-electron chi connectivity index (χ2n) is 1.26. The second-order valence-corrected chi connectivity index (χ2v) is 4.69. The van der Waals surface area contributed by atoms with Crippen molar-refractivity contribution in [2.24, 2.45) is 0 Å². The fraction of sp³-hybridized carbons (Fsp3) is 1.00. The monoisotopic (exact) mass is 260 g/mol. The van der Waals surface area contributed by atoms with Gasteiger partial charge in [-0.15, -0.1) is 3.63 Å². The lowest BCUT2D eigenvalue weighted by molar-refractivity contribution is 0.283. The van der Waals surface area contributed by atoms with Gasteiger partial charge in [-0.05, 0) is 0 Å². The number of hydrogen-bond acceptors (Lipinski definition) is 6. The fourth-order valence-electron chi connectivity index (χ4n) is 0.210. The topological polar surface area (TPSA) is 107 Å². The zero-order chi connectivity index (χ0) is 9.99. The third-order valence-electron chi connectivity index (χ3n) is 0.360. The molecule has 0 atom stereocenters. The Bertz CT molecular complexity index is 324. The summed E-state index contributed by atoms with van der Waals surface area (Å²) in [5, 5.41) is -1.82. The Balaban J connectivity index is 4.47. The Kier molecular flexibility index (Phi) is 4.17. The van der Waals surface area contributed by atoms with Crippen LogP contribution in [-0.2, 0) is 28.6 Å². The highest BCUT2D eigenvalue weighted by atomic mass is 35.5. The van der Waals surface area contributed by atoms with E-state index in [2.05, 4.69) is 7.81 Å². The van der Waals surface area contributed by atoms with Crippen LogP contribution in [0.15, 0.2) is 0 Å². The Morgan fingerprint density at radius 2 is 1.58 bits per heavy atom. The minimum atomic E-state index is -5.16. The van der Waals surface area contributed by atoms with Gasteiger partial charge in [-0.2, -0.15) is 16.8 Å². The Morgan fingerprint density at radius 3 is 1.83 bits per heavy atom. The maximum Gasteiger partial charge on any atom is 0.418 e. The van der Waals surface area contributed by atoms with Crippen molar-refractivity contribution in [3.63, 3.8) is 0 Å². The van der Waals surface area contributed by atoms with E-state index >= 15 is 0 Å². The molecule has 0 rings (SSSR count). The predicted octanol–water partition coefficient (Wildman–Crippen LogP) is -0.172. The lowest BCUT2D eigenvalue weighted by atomic mass is 11.7. The average molecular weight is 261 g/mol. The average Bonchev–Trinajstić information content (AvgIpc) is 1.48. The summed E-state index contributed by atoms with van der Waals surface area (Å²) in [5.41, 5.74) is 0. The van der Waals surface area contributed by atoms with Crippen molar-refractivity contribution in [2.75, 3.05) is 0 Å². The van der Waals surface area contributed by atoms with Crippen molar-refractivity contribution >= 4 is 44.0 Å².